The predicted octanol–water partition coefficient (Wildman–Crippen LogP) is 2.64. The van der Waals surface area contributed by atoms with Crippen LogP contribution in [0.4, 0.5) is 0 Å². The highest BCUT2D eigenvalue weighted by molar-refractivity contribution is 6.00. The molecule has 0 fully saturated rings. The summed E-state index contributed by atoms with van der Waals surface area (Å²) in [7, 11) is 0. The van der Waals surface area contributed by atoms with Crippen LogP contribution in [-0.4, -0.2) is 18.9 Å². The van der Waals surface area contributed by atoms with E-state index >= 15 is 0 Å². The minimum absolute atomic E-state index is 0.0497. The average Bonchev–Trinajstić information content (AvgIpc) is 2.36. The molecule has 17 heavy (non-hydrogen) atoms. The van der Waals surface area contributed by atoms with Gasteiger partial charge in [0, 0.05) is 5.92 Å². The second-order valence-electron chi connectivity index (χ2n) is 4.19. The minimum atomic E-state index is -0.0497. The lowest BCUT2D eigenvalue weighted by Gasteiger charge is -2.13. The van der Waals surface area contributed by atoms with Crippen LogP contribution < -0.4 is 10.5 Å². The topological polar surface area (TPSA) is 52.3 Å². The number of rotatable bonds is 7. The summed E-state index contributed by atoms with van der Waals surface area (Å²) in [5, 5.41) is 0. The van der Waals surface area contributed by atoms with Crippen LogP contribution in [0.2, 0.25) is 0 Å². The summed E-state index contributed by atoms with van der Waals surface area (Å²) in [6.45, 7) is 5.12. The van der Waals surface area contributed by atoms with Crippen molar-refractivity contribution in [2.45, 2.75) is 26.7 Å². The van der Waals surface area contributed by atoms with Gasteiger partial charge in [0.2, 0.25) is 0 Å². The molecule has 0 bridgehead atoms. The Morgan fingerprint density at radius 2 is 2.12 bits per heavy atom. The maximum absolute atomic E-state index is 12.2. The summed E-state index contributed by atoms with van der Waals surface area (Å²) < 4.78 is 5.58. The summed E-state index contributed by atoms with van der Waals surface area (Å²) in [5.41, 5.74) is 6.15. The third-order valence-electron chi connectivity index (χ3n) is 2.66. The first-order valence-corrected chi connectivity index (χ1v) is 6.16. The van der Waals surface area contributed by atoms with Crippen molar-refractivity contribution in [1.82, 2.24) is 0 Å². The molecule has 0 aliphatic rings. The number of ketones is 1. The van der Waals surface area contributed by atoms with Gasteiger partial charge < -0.3 is 10.5 Å². The van der Waals surface area contributed by atoms with Crippen molar-refractivity contribution in [3.05, 3.63) is 29.8 Å². The van der Waals surface area contributed by atoms with E-state index in [0.29, 0.717) is 30.9 Å². The number of para-hydroxylation sites is 1. The number of benzene rings is 1. The van der Waals surface area contributed by atoms with Crippen molar-refractivity contribution in [3.8, 4) is 5.75 Å². The first-order valence-electron chi connectivity index (χ1n) is 6.16. The van der Waals surface area contributed by atoms with Crippen molar-refractivity contribution in [3.63, 3.8) is 0 Å². The SMILES string of the molecule is CCCOc1ccccc1C(=O)C(C)CCN. The van der Waals surface area contributed by atoms with Gasteiger partial charge in [0.25, 0.3) is 0 Å². The summed E-state index contributed by atoms with van der Waals surface area (Å²) in [5.74, 6) is 0.747. The number of ether oxygens (including phenoxy) is 1. The molecule has 0 saturated heterocycles. The molecule has 0 aliphatic carbocycles. The van der Waals surface area contributed by atoms with Crippen LogP contribution in [0, 0.1) is 5.92 Å². The average molecular weight is 235 g/mol. The van der Waals surface area contributed by atoms with E-state index in [4.69, 9.17) is 10.5 Å². The number of hydrogen-bond acceptors (Lipinski definition) is 3. The van der Waals surface area contributed by atoms with Gasteiger partial charge in [-0.3, -0.25) is 4.79 Å². The lowest BCUT2D eigenvalue weighted by atomic mass is 9.96. The van der Waals surface area contributed by atoms with E-state index in [-0.39, 0.29) is 11.7 Å². The lowest BCUT2D eigenvalue weighted by molar-refractivity contribution is 0.0921. The molecule has 2 N–H and O–H groups in total. The van der Waals surface area contributed by atoms with E-state index in [9.17, 15) is 4.79 Å². The molecular weight excluding hydrogens is 214 g/mol. The molecule has 1 unspecified atom stereocenters. The molecule has 1 atom stereocenters. The molecule has 0 heterocycles. The fourth-order valence-electron chi connectivity index (χ4n) is 1.65. The van der Waals surface area contributed by atoms with Crippen LogP contribution in [0.1, 0.15) is 37.0 Å². The standard InChI is InChI=1S/C14H21NO2/c1-3-10-17-13-7-5-4-6-12(13)14(16)11(2)8-9-15/h4-7,11H,3,8-10,15H2,1-2H3. The van der Waals surface area contributed by atoms with Crippen molar-refractivity contribution >= 4 is 5.78 Å². The van der Waals surface area contributed by atoms with Crippen molar-refractivity contribution in [1.29, 1.82) is 0 Å². The van der Waals surface area contributed by atoms with Crippen LogP contribution in [0.25, 0.3) is 0 Å². The Labute approximate surface area is 103 Å². The van der Waals surface area contributed by atoms with Crippen LogP contribution in [0.3, 0.4) is 0 Å². The Hall–Kier alpha value is -1.35. The number of hydrogen-bond donors (Lipinski definition) is 1. The van der Waals surface area contributed by atoms with Crippen LogP contribution in [-0.2, 0) is 0 Å². The van der Waals surface area contributed by atoms with Gasteiger partial charge in [-0.2, -0.15) is 0 Å². The van der Waals surface area contributed by atoms with Gasteiger partial charge in [-0.1, -0.05) is 26.0 Å². The van der Waals surface area contributed by atoms with Gasteiger partial charge in [-0.15, -0.1) is 0 Å². The molecule has 0 spiro atoms. The molecule has 0 radical (unpaired) electrons. The Bertz CT molecular complexity index is 363. The fourth-order valence-corrected chi connectivity index (χ4v) is 1.65. The van der Waals surface area contributed by atoms with E-state index in [2.05, 4.69) is 0 Å². The third kappa shape index (κ3) is 3.86. The van der Waals surface area contributed by atoms with Crippen LogP contribution >= 0.6 is 0 Å². The molecule has 1 aromatic rings. The zero-order valence-corrected chi connectivity index (χ0v) is 10.6. The second-order valence-corrected chi connectivity index (χ2v) is 4.19. The normalized spacial score (nSPS) is 12.2. The van der Waals surface area contributed by atoms with Crippen molar-refractivity contribution in [2.75, 3.05) is 13.2 Å². The first-order chi connectivity index (χ1) is 8.20. The van der Waals surface area contributed by atoms with E-state index in [1.807, 2.05) is 38.1 Å². The Kier molecular flexibility index (Phi) is 5.70. The fraction of sp³-hybridized carbons (Fsp3) is 0.500. The summed E-state index contributed by atoms with van der Waals surface area (Å²) in [4.78, 5) is 12.2. The Morgan fingerprint density at radius 3 is 2.76 bits per heavy atom. The summed E-state index contributed by atoms with van der Waals surface area (Å²) in [6.07, 6.45) is 1.64. The molecule has 0 aliphatic heterocycles. The first kappa shape index (κ1) is 13.7. The molecule has 1 rings (SSSR count). The Morgan fingerprint density at radius 1 is 1.41 bits per heavy atom. The predicted molar refractivity (Wildman–Crippen MR) is 69.4 cm³/mol. The third-order valence-corrected chi connectivity index (χ3v) is 2.66. The summed E-state index contributed by atoms with van der Waals surface area (Å²) in [6, 6.07) is 7.41. The largest absolute Gasteiger partial charge is 0.493 e. The van der Waals surface area contributed by atoms with Crippen LogP contribution in [0.5, 0.6) is 5.75 Å². The number of nitrogens with two attached hydrogens (primary N) is 1. The van der Waals surface area contributed by atoms with E-state index in [0.717, 1.165) is 6.42 Å². The molecule has 1 aromatic carbocycles. The highest BCUT2D eigenvalue weighted by Gasteiger charge is 2.18. The zero-order chi connectivity index (χ0) is 12.7. The molecule has 3 heteroatoms. The zero-order valence-electron chi connectivity index (χ0n) is 10.6. The maximum Gasteiger partial charge on any atom is 0.169 e. The van der Waals surface area contributed by atoms with Gasteiger partial charge in [0.15, 0.2) is 5.78 Å². The van der Waals surface area contributed by atoms with Gasteiger partial charge in [0.1, 0.15) is 5.75 Å². The van der Waals surface area contributed by atoms with Gasteiger partial charge in [0.05, 0.1) is 12.2 Å². The van der Waals surface area contributed by atoms with E-state index in [1.165, 1.54) is 0 Å². The minimum Gasteiger partial charge on any atom is -0.493 e. The van der Waals surface area contributed by atoms with Crippen molar-refractivity contribution in [2.24, 2.45) is 11.7 Å². The molecule has 0 amide bonds. The number of Topliss-reactive ketones (excluding diaryl/α,β-unsaturated/α-hetero) is 1. The number of carbonyl (C=O) groups is 1. The van der Waals surface area contributed by atoms with Gasteiger partial charge >= 0.3 is 0 Å². The smallest absolute Gasteiger partial charge is 0.169 e. The highest BCUT2D eigenvalue weighted by Crippen LogP contribution is 2.22. The quantitative estimate of drug-likeness (QED) is 0.739. The van der Waals surface area contributed by atoms with Crippen LogP contribution in [0.15, 0.2) is 24.3 Å². The van der Waals surface area contributed by atoms with Crippen molar-refractivity contribution < 1.29 is 9.53 Å². The van der Waals surface area contributed by atoms with E-state index in [1.54, 1.807) is 0 Å². The molecular formula is C14H21NO2. The van der Waals surface area contributed by atoms with Gasteiger partial charge in [-0.25, -0.2) is 0 Å². The van der Waals surface area contributed by atoms with Gasteiger partial charge in [-0.05, 0) is 31.5 Å². The molecule has 94 valence electrons. The number of carbonyl (C=O) groups excluding carboxylic acids is 1. The molecule has 0 aromatic heterocycles. The Balaban J connectivity index is 2.84. The maximum atomic E-state index is 12.2. The van der Waals surface area contributed by atoms with E-state index < -0.39 is 0 Å². The molecule has 0 saturated carbocycles. The highest BCUT2D eigenvalue weighted by atomic mass is 16.5. The monoisotopic (exact) mass is 235 g/mol. The summed E-state index contributed by atoms with van der Waals surface area (Å²) >= 11 is 0. The lowest BCUT2D eigenvalue weighted by Crippen LogP contribution is -2.16. The second kappa shape index (κ2) is 7.07. The molecule has 3 nitrogen and oxygen atoms in total.